The molecule has 1 aromatic heterocycles. The number of hydrogen-bond acceptors (Lipinski definition) is 4. The third-order valence-corrected chi connectivity index (χ3v) is 5.48. The van der Waals surface area contributed by atoms with Gasteiger partial charge in [-0.2, -0.15) is 0 Å². The maximum atomic E-state index is 13.7. The summed E-state index contributed by atoms with van der Waals surface area (Å²) in [7, 11) is 0. The number of halogens is 2. The van der Waals surface area contributed by atoms with Crippen molar-refractivity contribution < 1.29 is 18.3 Å². The van der Waals surface area contributed by atoms with Crippen LogP contribution in [-0.2, 0) is 6.61 Å². The summed E-state index contributed by atoms with van der Waals surface area (Å²) in [6.07, 6.45) is 0. The van der Waals surface area contributed by atoms with Crippen LogP contribution in [0.1, 0.15) is 21.6 Å². The fourth-order valence-corrected chi connectivity index (χ4v) is 3.67. The van der Waals surface area contributed by atoms with Crippen molar-refractivity contribution in [3.8, 4) is 16.3 Å². The summed E-state index contributed by atoms with van der Waals surface area (Å²) < 4.78 is 32.9. The van der Waals surface area contributed by atoms with Crippen LogP contribution in [0.15, 0.2) is 72.1 Å². The fraction of sp³-hybridized carbons (Fsp3) is 0.0833. The summed E-state index contributed by atoms with van der Waals surface area (Å²) in [6.45, 7) is 1.77. The quantitative estimate of drug-likeness (QED) is 0.390. The average Bonchev–Trinajstić information content (AvgIpc) is 3.26. The topological polar surface area (TPSA) is 51.2 Å². The van der Waals surface area contributed by atoms with Crippen molar-refractivity contribution in [2.45, 2.75) is 13.5 Å². The standard InChI is InChI=1S/C24H18F2N2O2S/c1-15-5-9-17(10-6-15)27-23(29)22-14-31-24(28-22)16-7-11-18(12-8-16)30-13-19-20(25)3-2-4-21(19)26/h2-12,14H,13H2,1H3,(H,27,29). The molecule has 0 bridgehead atoms. The predicted octanol–water partition coefficient (Wildman–Crippen LogP) is 6.23. The number of hydrogen-bond donors (Lipinski definition) is 1. The number of carbonyl (C=O) groups excluding carboxylic acids is 1. The van der Waals surface area contributed by atoms with E-state index in [-0.39, 0.29) is 18.1 Å². The van der Waals surface area contributed by atoms with Crippen molar-refractivity contribution in [3.05, 3.63) is 101 Å². The average molecular weight is 436 g/mol. The molecule has 0 radical (unpaired) electrons. The fourth-order valence-electron chi connectivity index (χ4n) is 2.86. The molecule has 0 unspecified atom stereocenters. The molecule has 0 spiro atoms. The molecule has 0 saturated heterocycles. The number of ether oxygens (including phenoxy) is 1. The van der Waals surface area contributed by atoms with Crippen LogP contribution in [0.4, 0.5) is 14.5 Å². The number of rotatable bonds is 6. The largest absolute Gasteiger partial charge is 0.489 e. The Morgan fingerprint density at radius 1 is 1.00 bits per heavy atom. The van der Waals surface area contributed by atoms with Crippen molar-refractivity contribution in [1.29, 1.82) is 0 Å². The van der Waals surface area contributed by atoms with Crippen molar-refractivity contribution >= 4 is 22.9 Å². The van der Waals surface area contributed by atoms with Gasteiger partial charge in [0.25, 0.3) is 5.91 Å². The van der Waals surface area contributed by atoms with Crippen LogP contribution in [0.25, 0.3) is 10.6 Å². The lowest BCUT2D eigenvalue weighted by atomic mass is 10.2. The summed E-state index contributed by atoms with van der Waals surface area (Å²) in [4.78, 5) is 16.8. The first-order valence-corrected chi connectivity index (χ1v) is 10.4. The van der Waals surface area contributed by atoms with Crippen molar-refractivity contribution in [2.24, 2.45) is 0 Å². The number of amides is 1. The number of aromatic nitrogens is 1. The molecular formula is C24H18F2N2O2S. The summed E-state index contributed by atoms with van der Waals surface area (Å²) >= 11 is 1.35. The zero-order valence-electron chi connectivity index (χ0n) is 16.6. The van der Waals surface area contributed by atoms with Crippen molar-refractivity contribution in [2.75, 3.05) is 5.32 Å². The lowest BCUT2D eigenvalue weighted by Crippen LogP contribution is -2.12. The molecule has 1 N–H and O–H groups in total. The van der Waals surface area contributed by atoms with E-state index in [4.69, 9.17) is 4.74 Å². The Morgan fingerprint density at radius 2 is 1.68 bits per heavy atom. The highest BCUT2D eigenvalue weighted by Crippen LogP contribution is 2.27. The maximum Gasteiger partial charge on any atom is 0.275 e. The first-order valence-electron chi connectivity index (χ1n) is 9.49. The van der Waals surface area contributed by atoms with Gasteiger partial charge in [0.15, 0.2) is 0 Å². The molecule has 7 heteroatoms. The van der Waals surface area contributed by atoms with E-state index in [1.165, 1.54) is 29.5 Å². The van der Waals surface area contributed by atoms with Gasteiger partial charge in [-0.3, -0.25) is 4.79 Å². The lowest BCUT2D eigenvalue weighted by molar-refractivity contribution is 0.102. The van der Waals surface area contributed by atoms with Gasteiger partial charge < -0.3 is 10.1 Å². The highest BCUT2D eigenvalue weighted by molar-refractivity contribution is 7.13. The Bertz CT molecular complexity index is 1180. The molecule has 4 nitrogen and oxygen atoms in total. The van der Waals surface area contributed by atoms with E-state index < -0.39 is 11.6 Å². The van der Waals surface area contributed by atoms with Gasteiger partial charge in [-0.05, 0) is 55.5 Å². The van der Waals surface area contributed by atoms with Crippen LogP contribution >= 0.6 is 11.3 Å². The molecule has 156 valence electrons. The second-order valence-electron chi connectivity index (χ2n) is 6.87. The Labute approximate surface area is 182 Å². The highest BCUT2D eigenvalue weighted by Gasteiger charge is 2.13. The van der Waals surface area contributed by atoms with E-state index >= 15 is 0 Å². The van der Waals surface area contributed by atoms with Gasteiger partial charge in [0.1, 0.15) is 34.7 Å². The second-order valence-corrected chi connectivity index (χ2v) is 7.73. The number of nitrogens with one attached hydrogen (secondary N) is 1. The molecule has 0 aliphatic rings. The van der Waals surface area contributed by atoms with Gasteiger partial charge in [0, 0.05) is 16.6 Å². The molecule has 0 aliphatic heterocycles. The minimum atomic E-state index is -0.643. The molecule has 0 aliphatic carbocycles. The maximum absolute atomic E-state index is 13.7. The minimum absolute atomic E-state index is 0.115. The van der Waals surface area contributed by atoms with Crippen LogP contribution in [0.2, 0.25) is 0 Å². The molecule has 0 fully saturated rings. The molecule has 3 aromatic carbocycles. The van der Waals surface area contributed by atoms with Crippen LogP contribution in [0, 0.1) is 18.6 Å². The van der Waals surface area contributed by atoms with Crippen molar-refractivity contribution in [1.82, 2.24) is 4.98 Å². The predicted molar refractivity (Wildman–Crippen MR) is 117 cm³/mol. The Balaban J connectivity index is 1.41. The highest BCUT2D eigenvalue weighted by atomic mass is 32.1. The van der Waals surface area contributed by atoms with Crippen LogP contribution < -0.4 is 10.1 Å². The third-order valence-electron chi connectivity index (χ3n) is 4.59. The number of thiazole rings is 1. The van der Waals surface area contributed by atoms with Crippen LogP contribution in [-0.4, -0.2) is 10.9 Å². The van der Waals surface area contributed by atoms with Crippen LogP contribution in [0.5, 0.6) is 5.75 Å². The van der Waals surface area contributed by atoms with E-state index in [9.17, 15) is 13.6 Å². The summed E-state index contributed by atoms with van der Waals surface area (Å²) in [5, 5.41) is 5.20. The van der Waals surface area contributed by atoms with Gasteiger partial charge >= 0.3 is 0 Å². The summed E-state index contributed by atoms with van der Waals surface area (Å²) in [5.74, 6) is -1.09. The van der Waals surface area contributed by atoms with E-state index in [1.54, 1.807) is 29.6 Å². The van der Waals surface area contributed by atoms with Gasteiger partial charge in [0.2, 0.25) is 0 Å². The second kappa shape index (κ2) is 9.06. The van der Waals surface area contributed by atoms with E-state index in [2.05, 4.69) is 10.3 Å². The van der Waals surface area contributed by atoms with Gasteiger partial charge in [-0.1, -0.05) is 23.8 Å². The van der Waals surface area contributed by atoms with Crippen LogP contribution in [0.3, 0.4) is 0 Å². The molecule has 1 heterocycles. The Kier molecular flexibility index (Phi) is 6.04. The number of carbonyl (C=O) groups is 1. The monoisotopic (exact) mass is 436 g/mol. The molecule has 4 aromatic rings. The van der Waals surface area contributed by atoms with Gasteiger partial charge in [-0.15, -0.1) is 11.3 Å². The number of benzene rings is 3. The zero-order chi connectivity index (χ0) is 21.8. The molecule has 4 rings (SSSR count). The molecule has 31 heavy (non-hydrogen) atoms. The van der Waals surface area contributed by atoms with E-state index in [1.807, 2.05) is 31.2 Å². The normalized spacial score (nSPS) is 10.7. The minimum Gasteiger partial charge on any atom is -0.489 e. The first-order chi connectivity index (χ1) is 15.0. The number of aryl methyl sites for hydroxylation is 1. The Morgan fingerprint density at radius 3 is 2.35 bits per heavy atom. The first kappa shape index (κ1) is 20.7. The number of nitrogens with zero attached hydrogens (tertiary/aromatic N) is 1. The van der Waals surface area contributed by atoms with Crippen molar-refractivity contribution in [3.63, 3.8) is 0 Å². The lowest BCUT2D eigenvalue weighted by Gasteiger charge is -2.08. The van der Waals surface area contributed by atoms with E-state index in [0.29, 0.717) is 22.1 Å². The Hall–Kier alpha value is -3.58. The third kappa shape index (κ3) is 4.95. The zero-order valence-corrected chi connectivity index (χ0v) is 17.4. The summed E-state index contributed by atoms with van der Waals surface area (Å²) in [5.41, 5.74) is 2.84. The smallest absolute Gasteiger partial charge is 0.275 e. The molecule has 0 saturated carbocycles. The van der Waals surface area contributed by atoms with E-state index in [0.717, 1.165) is 11.1 Å². The summed E-state index contributed by atoms with van der Waals surface area (Å²) in [6, 6.07) is 18.2. The SMILES string of the molecule is Cc1ccc(NC(=O)c2csc(-c3ccc(OCc4c(F)cccc4F)cc3)n2)cc1. The molecule has 0 atom stereocenters. The van der Waals surface area contributed by atoms with Gasteiger partial charge in [0.05, 0.1) is 5.56 Å². The molecule has 1 amide bonds. The molecular weight excluding hydrogens is 418 g/mol. The van der Waals surface area contributed by atoms with Gasteiger partial charge in [-0.25, -0.2) is 13.8 Å². The number of anilines is 1.